The summed E-state index contributed by atoms with van der Waals surface area (Å²) in [5, 5.41) is 19.7. The van der Waals surface area contributed by atoms with Crippen molar-refractivity contribution >= 4 is 0 Å². The summed E-state index contributed by atoms with van der Waals surface area (Å²) in [4.78, 5) is 0. The molecule has 2 nitrogen and oxygen atoms in total. The summed E-state index contributed by atoms with van der Waals surface area (Å²) in [6.07, 6.45) is 4.93. The fourth-order valence-corrected chi connectivity index (χ4v) is 2.37. The molecule has 1 aromatic carbocycles. The number of benzene rings is 1. The van der Waals surface area contributed by atoms with Crippen molar-refractivity contribution in [1.82, 2.24) is 0 Å². The Kier molecular flexibility index (Phi) is 1.49. The molecular weight excluding hydrogens is 176 g/mol. The lowest BCUT2D eigenvalue weighted by Crippen LogP contribution is -2.05. The first-order valence-corrected chi connectivity index (χ1v) is 5.27. The van der Waals surface area contributed by atoms with Crippen molar-refractivity contribution < 1.29 is 10.2 Å². The van der Waals surface area contributed by atoms with Gasteiger partial charge in [0.1, 0.15) is 5.75 Å². The van der Waals surface area contributed by atoms with Gasteiger partial charge < -0.3 is 10.2 Å². The summed E-state index contributed by atoms with van der Waals surface area (Å²) >= 11 is 0. The molecule has 2 aliphatic rings. The van der Waals surface area contributed by atoms with Gasteiger partial charge in [-0.2, -0.15) is 0 Å². The van der Waals surface area contributed by atoms with Crippen LogP contribution in [-0.4, -0.2) is 10.2 Å². The van der Waals surface area contributed by atoms with Crippen molar-refractivity contribution in [2.75, 3.05) is 0 Å². The molecule has 1 saturated carbocycles. The number of aliphatic hydroxyl groups is 1. The van der Waals surface area contributed by atoms with Crippen molar-refractivity contribution in [2.24, 2.45) is 0 Å². The third kappa shape index (κ3) is 1.07. The van der Waals surface area contributed by atoms with Crippen molar-refractivity contribution in [1.29, 1.82) is 0 Å². The molecule has 74 valence electrons. The predicted octanol–water partition coefficient (Wildman–Crippen LogP) is 1.86. The molecule has 2 N–H and O–H groups in total. The Morgan fingerprint density at radius 1 is 1.07 bits per heavy atom. The molecular formula is C12H14O2. The van der Waals surface area contributed by atoms with E-state index in [0.29, 0.717) is 0 Å². The highest BCUT2D eigenvalue weighted by atomic mass is 16.3. The number of rotatable bonds is 1. The molecule has 14 heavy (non-hydrogen) atoms. The lowest BCUT2D eigenvalue weighted by atomic mass is 10.00. The van der Waals surface area contributed by atoms with Gasteiger partial charge in [0, 0.05) is 5.56 Å². The van der Waals surface area contributed by atoms with E-state index in [1.165, 1.54) is 17.5 Å². The van der Waals surface area contributed by atoms with E-state index >= 15 is 0 Å². The zero-order valence-electron chi connectivity index (χ0n) is 8.08. The molecule has 0 unspecified atom stereocenters. The van der Waals surface area contributed by atoms with Gasteiger partial charge >= 0.3 is 0 Å². The van der Waals surface area contributed by atoms with Gasteiger partial charge in [-0.05, 0) is 55.4 Å². The Morgan fingerprint density at radius 2 is 1.71 bits per heavy atom. The molecule has 3 rings (SSSR count). The lowest BCUT2D eigenvalue weighted by Gasteiger charge is -2.12. The molecule has 2 heteroatoms. The Hall–Kier alpha value is -1.02. The molecule has 2 aliphatic carbocycles. The first kappa shape index (κ1) is 8.30. The van der Waals surface area contributed by atoms with Crippen molar-refractivity contribution in [3.05, 3.63) is 28.8 Å². The van der Waals surface area contributed by atoms with E-state index in [9.17, 15) is 10.2 Å². The molecule has 0 aromatic heterocycles. The molecule has 0 heterocycles. The van der Waals surface area contributed by atoms with E-state index in [-0.39, 0.29) is 5.75 Å². The lowest BCUT2D eigenvalue weighted by molar-refractivity contribution is 0.147. The number of phenols is 1. The molecule has 0 atom stereocenters. The van der Waals surface area contributed by atoms with E-state index in [1.807, 2.05) is 12.1 Å². The van der Waals surface area contributed by atoms with Crippen LogP contribution in [0.1, 0.15) is 36.0 Å². The van der Waals surface area contributed by atoms with Crippen LogP contribution in [0, 0.1) is 0 Å². The average Bonchev–Trinajstić information content (AvgIpc) is 2.75. The summed E-state index contributed by atoms with van der Waals surface area (Å²) in [5.41, 5.74) is 2.62. The number of aromatic hydroxyl groups is 1. The maximum atomic E-state index is 9.95. The maximum Gasteiger partial charge on any atom is 0.121 e. The molecule has 0 saturated heterocycles. The van der Waals surface area contributed by atoms with Crippen LogP contribution in [0.4, 0.5) is 0 Å². The molecule has 1 fully saturated rings. The fourth-order valence-electron chi connectivity index (χ4n) is 2.37. The van der Waals surface area contributed by atoms with Gasteiger partial charge in [0.2, 0.25) is 0 Å². The molecule has 0 aliphatic heterocycles. The van der Waals surface area contributed by atoms with Crippen LogP contribution in [0.3, 0.4) is 0 Å². The third-order valence-electron chi connectivity index (χ3n) is 3.44. The number of phenolic OH excluding ortho intramolecular Hbond substituents is 1. The van der Waals surface area contributed by atoms with Crippen LogP contribution in [0.2, 0.25) is 0 Å². The van der Waals surface area contributed by atoms with Crippen LogP contribution in [0.25, 0.3) is 0 Å². The minimum atomic E-state index is -0.707. The highest BCUT2D eigenvalue weighted by molar-refractivity contribution is 5.48. The van der Waals surface area contributed by atoms with E-state index < -0.39 is 5.60 Å². The number of aryl methyl sites for hydroxylation is 2. The van der Waals surface area contributed by atoms with E-state index in [4.69, 9.17) is 0 Å². The van der Waals surface area contributed by atoms with Gasteiger partial charge in [0.15, 0.2) is 0 Å². The summed E-state index contributed by atoms with van der Waals surface area (Å²) in [6, 6.07) is 3.85. The molecule has 1 aromatic rings. The highest BCUT2D eigenvalue weighted by Gasteiger charge is 2.44. The molecule has 0 bridgehead atoms. The SMILES string of the molecule is Oc1cc2c(cc1C1(O)CC1)CCC2. The van der Waals surface area contributed by atoms with Gasteiger partial charge in [-0.1, -0.05) is 0 Å². The largest absolute Gasteiger partial charge is 0.508 e. The molecule has 0 amide bonds. The zero-order valence-corrected chi connectivity index (χ0v) is 8.08. The van der Waals surface area contributed by atoms with Crippen LogP contribution >= 0.6 is 0 Å². The van der Waals surface area contributed by atoms with E-state index in [1.54, 1.807) is 0 Å². The second-order valence-corrected chi connectivity index (χ2v) is 4.52. The van der Waals surface area contributed by atoms with Gasteiger partial charge in [-0.15, -0.1) is 0 Å². The summed E-state index contributed by atoms with van der Waals surface area (Å²) in [6.45, 7) is 0. The first-order chi connectivity index (χ1) is 6.69. The van der Waals surface area contributed by atoms with Crippen molar-refractivity contribution in [2.45, 2.75) is 37.7 Å². The summed E-state index contributed by atoms with van der Waals surface area (Å²) in [5.74, 6) is 0.283. The topological polar surface area (TPSA) is 40.5 Å². The average molecular weight is 190 g/mol. The quantitative estimate of drug-likeness (QED) is 0.709. The van der Waals surface area contributed by atoms with Crippen LogP contribution in [-0.2, 0) is 18.4 Å². The predicted molar refractivity (Wildman–Crippen MR) is 53.3 cm³/mol. The standard InChI is InChI=1S/C12H14O2/c13-11-7-9-3-1-2-8(9)6-10(11)12(14)4-5-12/h6-7,13-14H,1-5H2. The van der Waals surface area contributed by atoms with Crippen molar-refractivity contribution in [3.8, 4) is 5.75 Å². The van der Waals surface area contributed by atoms with Gasteiger partial charge in [-0.25, -0.2) is 0 Å². The second-order valence-electron chi connectivity index (χ2n) is 4.52. The molecule has 0 radical (unpaired) electrons. The van der Waals surface area contributed by atoms with Crippen LogP contribution < -0.4 is 0 Å². The van der Waals surface area contributed by atoms with Gasteiger partial charge in [0.25, 0.3) is 0 Å². The highest BCUT2D eigenvalue weighted by Crippen LogP contribution is 2.49. The Balaban J connectivity index is 2.13. The van der Waals surface area contributed by atoms with Gasteiger partial charge in [0.05, 0.1) is 5.60 Å². The van der Waals surface area contributed by atoms with Gasteiger partial charge in [-0.3, -0.25) is 0 Å². The normalized spacial score (nSPS) is 22.1. The smallest absolute Gasteiger partial charge is 0.121 e. The Bertz CT molecular complexity index is 392. The Labute approximate surface area is 83.2 Å². The maximum absolute atomic E-state index is 9.95. The van der Waals surface area contributed by atoms with Crippen molar-refractivity contribution in [3.63, 3.8) is 0 Å². The molecule has 0 spiro atoms. The zero-order chi connectivity index (χ0) is 9.76. The minimum Gasteiger partial charge on any atom is -0.508 e. The van der Waals surface area contributed by atoms with E-state index in [0.717, 1.165) is 31.2 Å². The van der Waals surface area contributed by atoms with Crippen LogP contribution in [0.5, 0.6) is 5.75 Å². The number of fused-ring (bicyclic) bond motifs is 1. The monoisotopic (exact) mass is 190 g/mol. The number of hydrogen-bond donors (Lipinski definition) is 2. The van der Waals surface area contributed by atoms with Crippen LogP contribution in [0.15, 0.2) is 12.1 Å². The number of hydrogen-bond acceptors (Lipinski definition) is 2. The Morgan fingerprint density at radius 3 is 2.36 bits per heavy atom. The summed E-state index contributed by atoms with van der Waals surface area (Å²) < 4.78 is 0. The fraction of sp³-hybridized carbons (Fsp3) is 0.500. The third-order valence-corrected chi connectivity index (χ3v) is 3.44. The first-order valence-electron chi connectivity index (χ1n) is 5.27. The van der Waals surface area contributed by atoms with E-state index in [2.05, 4.69) is 0 Å². The summed E-state index contributed by atoms with van der Waals surface area (Å²) in [7, 11) is 0. The minimum absolute atomic E-state index is 0.283. The second kappa shape index (κ2) is 2.51.